The minimum atomic E-state index is -3.35. The van der Waals surface area contributed by atoms with Gasteiger partial charge in [-0.3, -0.25) is 0 Å². The lowest BCUT2D eigenvalue weighted by Crippen LogP contribution is -2.46. The lowest BCUT2D eigenvalue weighted by atomic mass is 9.93. The Hall–Kier alpha value is 0.0500. The Morgan fingerprint density at radius 1 is 1.60 bits per heavy atom. The van der Waals surface area contributed by atoms with Crippen molar-refractivity contribution in [3.63, 3.8) is 0 Å². The first kappa shape index (κ1) is 16.4. The van der Waals surface area contributed by atoms with Gasteiger partial charge in [-0.1, -0.05) is 6.92 Å². The lowest BCUT2D eigenvalue weighted by Gasteiger charge is -2.35. The summed E-state index contributed by atoms with van der Waals surface area (Å²) < 4.78 is 28.1. The summed E-state index contributed by atoms with van der Waals surface area (Å²) in [5.41, 5.74) is 0. The molecule has 2 atom stereocenters. The Morgan fingerprint density at radius 2 is 2.35 bits per heavy atom. The fraction of sp³-hybridized carbons (Fsp3) is 0.692. The van der Waals surface area contributed by atoms with Gasteiger partial charge in [-0.25, -0.2) is 8.42 Å². The Bertz CT molecular complexity index is 544. The van der Waals surface area contributed by atoms with E-state index in [9.17, 15) is 8.42 Å². The van der Waals surface area contributed by atoms with Crippen molar-refractivity contribution in [3.8, 4) is 0 Å². The van der Waals surface area contributed by atoms with Crippen molar-refractivity contribution >= 4 is 37.3 Å². The van der Waals surface area contributed by atoms with Crippen LogP contribution in [0.1, 0.15) is 26.7 Å². The molecular weight excluding hydrogens is 360 g/mol. The van der Waals surface area contributed by atoms with Gasteiger partial charge in [0, 0.05) is 23.6 Å². The fourth-order valence-electron chi connectivity index (χ4n) is 2.67. The second-order valence-electron chi connectivity index (χ2n) is 5.17. The van der Waals surface area contributed by atoms with Crippen LogP contribution in [0.15, 0.2) is 20.1 Å². The maximum atomic E-state index is 12.7. The zero-order valence-corrected chi connectivity index (χ0v) is 15.0. The maximum absolute atomic E-state index is 12.7. The van der Waals surface area contributed by atoms with Crippen LogP contribution in [0, 0.1) is 5.92 Å². The first-order valence-electron chi connectivity index (χ1n) is 6.93. The third-order valence-electron chi connectivity index (χ3n) is 3.81. The topological polar surface area (TPSA) is 49.4 Å². The highest BCUT2D eigenvalue weighted by Gasteiger charge is 2.33. The van der Waals surface area contributed by atoms with Crippen LogP contribution in [0.5, 0.6) is 0 Å². The molecule has 2 unspecified atom stereocenters. The molecule has 1 saturated heterocycles. The summed E-state index contributed by atoms with van der Waals surface area (Å²) in [4.78, 5) is 0. The van der Waals surface area contributed by atoms with Crippen LogP contribution in [-0.2, 0) is 10.0 Å². The van der Waals surface area contributed by atoms with E-state index < -0.39 is 10.0 Å². The molecule has 4 nitrogen and oxygen atoms in total. The van der Waals surface area contributed by atoms with E-state index in [4.69, 9.17) is 0 Å². The van der Waals surface area contributed by atoms with E-state index in [1.165, 1.54) is 11.3 Å². The van der Waals surface area contributed by atoms with E-state index in [0.717, 1.165) is 19.4 Å². The van der Waals surface area contributed by atoms with Gasteiger partial charge in [0.25, 0.3) is 10.0 Å². The van der Waals surface area contributed by atoms with E-state index in [0.29, 0.717) is 33.7 Å². The molecule has 1 N–H and O–H groups in total. The number of nitrogens with zero attached hydrogens (tertiary/aromatic N) is 1. The van der Waals surface area contributed by atoms with Crippen molar-refractivity contribution in [2.75, 3.05) is 19.6 Å². The molecule has 114 valence electrons. The second-order valence-corrected chi connectivity index (χ2v) is 9.07. The van der Waals surface area contributed by atoms with Gasteiger partial charge in [0.2, 0.25) is 0 Å². The molecule has 1 aromatic heterocycles. The molecule has 0 aromatic carbocycles. The van der Waals surface area contributed by atoms with Gasteiger partial charge in [0.1, 0.15) is 4.21 Å². The van der Waals surface area contributed by atoms with Crippen molar-refractivity contribution in [1.29, 1.82) is 0 Å². The molecular formula is C13H21BrN2O2S2. The largest absolute Gasteiger partial charge is 0.314 e. The normalized spacial score (nSPS) is 22.9. The summed E-state index contributed by atoms with van der Waals surface area (Å²) in [7, 11) is -3.35. The van der Waals surface area contributed by atoms with Crippen molar-refractivity contribution in [2.24, 2.45) is 5.92 Å². The number of thiophene rings is 1. The third-order valence-corrected chi connectivity index (χ3v) is 8.32. The number of rotatable bonds is 5. The standard InChI is InChI=1S/C13H21BrN2O2S2/c1-3-15-10(2)11-5-4-7-16(9-11)20(17,18)13-12(14)6-8-19-13/h6,8,10-11,15H,3-5,7,9H2,1-2H3. The van der Waals surface area contributed by atoms with E-state index in [-0.39, 0.29) is 0 Å². The molecule has 20 heavy (non-hydrogen) atoms. The van der Waals surface area contributed by atoms with Crippen molar-refractivity contribution in [2.45, 2.75) is 36.9 Å². The molecule has 1 aliphatic rings. The molecule has 0 spiro atoms. The predicted molar refractivity (Wildman–Crippen MR) is 86.6 cm³/mol. The summed E-state index contributed by atoms with van der Waals surface area (Å²) >= 11 is 4.61. The van der Waals surface area contributed by atoms with Crippen LogP contribution in [0.25, 0.3) is 0 Å². The zero-order chi connectivity index (χ0) is 14.8. The molecule has 2 heterocycles. The molecule has 2 rings (SSSR count). The van der Waals surface area contributed by atoms with Gasteiger partial charge in [0.05, 0.1) is 0 Å². The summed E-state index contributed by atoms with van der Waals surface area (Å²) in [6.45, 7) is 6.38. The number of hydrogen-bond acceptors (Lipinski definition) is 4. The summed E-state index contributed by atoms with van der Waals surface area (Å²) in [5.74, 6) is 0.386. The number of hydrogen-bond donors (Lipinski definition) is 1. The van der Waals surface area contributed by atoms with E-state index >= 15 is 0 Å². The third kappa shape index (κ3) is 3.44. The van der Waals surface area contributed by atoms with Crippen LogP contribution in [0.4, 0.5) is 0 Å². The quantitative estimate of drug-likeness (QED) is 0.853. The molecule has 0 radical (unpaired) electrons. The van der Waals surface area contributed by atoms with E-state index in [2.05, 4.69) is 35.1 Å². The van der Waals surface area contributed by atoms with Crippen LogP contribution in [-0.4, -0.2) is 38.4 Å². The number of sulfonamides is 1. The highest BCUT2D eigenvalue weighted by Crippen LogP contribution is 2.32. The second kappa shape index (κ2) is 6.87. The molecule has 0 saturated carbocycles. The summed E-state index contributed by atoms with van der Waals surface area (Å²) in [6, 6.07) is 2.14. The zero-order valence-electron chi connectivity index (χ0n) is 11.8. The minimum Gasteiger partial charge on any atom is -0.314 e. The average Bonchev–Trinajstić information content (AvgIpc) is 2.86. The molecule has 0 aliphatic carbocycles. The molecule has 1 aliphatic heterocycles. The smallest absolute Gasteiger partial charge is 0.253 e. The van der Waals surface area contributed by atoms with Gasteiger partial charge < -0.3 is 5.32 Å². The average molecular weight is 381 g/mol. The summed E-state index contributed by atoms with van der Waals surface area (Å²) in [6.07, 6.45) is 2.02. The Morgan fingerprint density at radius 3 is 2.95 bits per heavy atom. The van der Waals surface area contributed by atoms with Gasteiger partial charge in [-0.15, -0.1) is 11.3 Å². The Labute approximate surface area is 133 Å². The van der Waals surface area contributed by atoms with Crippen molar-refractivity contribution in [1.82, 2.24) is 9.62 Å². The van der Waals surface area contributed by atoms with E-state index in [1.54, 1.807) is 15.8 Å². The van der Waals surface area contributed by atoms with Gasteiger partial charge in [-0.2, -0.15) is 4.31 Å². The van der Waals surface area contributed by atoms with Gasteiger partial charge >= 0.3 is 0 Å². The van der Waals surface area contributed by atoms with Crippen molar-refractivity contribution < 1.29 is 8.42 Å². The molecule has 7 heteroatoms. The van der Waals surface area contributed by atoms with Gasteiger partial charge in [-0.05, 0) is 59.6 Å². The van der Waals surface area contributed by atoms with Gasteiger partial charge in [0.15, 0.2) is 0 Å². The van der Waals surface area contributed by atoms with Crippen LogP contribution in [0.3, 0.4) is 0 Å². The number of nitrogens with one attached hydrogen (secondary N) is 1. The van der Waals surface area contributed by atoms with Crippen molar-refractivity contribution in [3.05, 3.63) is 15.9 Å². The highest BCUT2D eigenvalue weighted by atomic mass is 79.9. The Kier molecular flexibility index (Phi) is 5.64. The first-order valence-corrected chi connectivity index (χ1v) is 10.0. The fourth-order valence-corrected chi connectivity index (χ4v) is 6.66. The predicted octanol–water partition coefficient (Wildman–Crippen LogP) is 2.91. The monoisotopic (exact) mass is 380 g/mol. The van der Waals surface area contributed by atoms with Crippen LogP contribution in [0.2, 0.25) is 0 Å². The van der Waals surface area contributed by atoms with Crippen LogP contribution < -0.4 is 5.32 Å². The molecule has 0 bridgehead atoms. The highest BCUT2D eigenvalue weighted by molar-refractivity contribution is 9.10. The first-order chi connectivity index (χ1) is 9.46. The molecule has 0 amide bonds. The number of halogens is 1. The SMILES string of the molecule is CCNC(C)C1CCCN(S(=O)(=O)c2sccc2Br)C1. The summed E-state index contributed by atoms with van der Waals surface area (Å²) in [5, 5.41) is 5.21. The molecule has 1 fully saturated rings. The lowest BCUT2D eigenvalue weighted by molar-refractivity contribution is 0.225. The molecule has 1 aromatic rings. The Balaban J connectivity index is 2.15. The maximum Gasteiger partial charge on any atom is 0.253 e. The van der Waals surface area contributed by atoms with E-state index in [1.807, 2.05) is 0 Å². The minimum absolute atomic E-state index is 0.352. The number of piperidine rings is 1. The van der Waals surface area contributed by atoms with Crippen LogP contribution >= 0.6 is 27.3 Å².